The van der Waals surface area contributed by atoms with Crippen LogP contribution in [0.4, 0.5) is 5.69 Å². The fraction of sp³-hybridized carbons (Fsp3) is 0.316. The Balaban J connectivity index is 1.88. The van der Waals surface area contributed by atoms with Crippen molar-refractivity contribution in [1.29, 1.82) is 0 Å². The maximum absolute atomic E-state index is 11.8. The summed E-state index contributed by atoms with van der Waals surface area (Å²) in [5, 5.41) is 3.18. The monoisotopic (exact) mass is 312 g/mol. The predicted octanol–water partition coefficient (Wildman–Crippen LogP) is 3.26. The molecule has 0 radical (unpaired) electrons. The van der Waals surface area contributed by atoms with Crippen LogP contribution in [0.2, 0.25) is 0 Å². The third kappa shape index (κ3) is 5.75. The van der Waals surface area contributed by atoms with Crippen LogP contribution < -0.4 is 5.32 Å². The van der Waals surface area contributed by atoms with Gasteiger partial charge in [-0.25, -0.2) is 0 Å². The summed E-state index contributed by atoms with van der Waals surface area (Å²) >= 11 is 0. The van der Waals surface area contributed by atoms with Gasteiger partial charge in [0.15, 0.2) is 0 Å². The van der Waals surface area contributed by atoms with Crippen LogP contribution in [0.1, 0.15) is 6.42 Å². The smallest absolute Gasteiger partial charge is 0.325 e. The Morgan fingerprint density at radius 1 is 1.04 bits per heavy atom. The quantitative estimate of drug-likeness (QED) is 0.600. The molecule has 0 heterocycles. The molecule has 0 saturated carbocycles. The number of nitrogens with one attached hydrogen (secondary N) is 1. The number of ether oxygens (including phenoxy) is 1. The standard InChI is InChI=1S/C19H24N2O2/c1-21(2)13-8-14-23-19(22)15-20-18-12-7-6-11-17(18)16-9-4-3-5-10-16/h3-7,9-12,20H,8,13-15H2,1-2H3. The molecule has 0 bridgehead atoms. The number of carbonyl (C=O) groups is 1. The van der Waals surface area contributed by atoms with Gasteiger partial charge in [0.1, 0.15) is 6.54 Å². The van der Waals surface area contributed by atoms with Gasteiger partial charge in [0, 0.05) is 17.8 Å². The maximum atomic E-state index is 11.8. The second-order valence-electron chi connectivity index (χ2n) is 5.64. The summed E-state index contributed by atoms with van der Waals surface area (Å²) in [5.41, 5.74) is 3.13. The van der Waals surface area contributed by atoms with Gasteiger partial charge in [-0.2, -0.15) is 0 Å². The van der Waals surface area contributed by atoms with E-state index in [1.54, 1.807) is 0 Å². The second-order valence-corrected chi connectivity index (χ2v) is 5.64. The lowest BCUT2D eigenvalue weighted by Gasteiger charge is -2.13. The molecular weight excluding hydrogens is 288 g/mol. The van der Waals surface area contributed by atoms with Crippen molar-refractivity contribution < 1.29 is 9.53 Å². The fourth-order valence-electron chi connectivity index (χ4n) is 2.29. The van der Waals surface area contributed by atoms with Crippen LogP contribution in [0.25, 0.3) is 11.1 Å². The van der Waals surface area contributed by atoms with E-state index in [1.165, 1.54) is 0 Å². The molecular formula is C19H24N2O2. The average Bonchev–Trinajstić information content (AvgIpc) is 2.58. The topological polar surface area (TPSA) is 41.6 Å². The molecule has 2 aromatic rings. The molecule has 0 spiro atoms. The zero-order valence-corrected chi connectivity index (χ0v) is 13.8. The van der Waals surface area contributed by atoms with Crippen LogP contribution in [0, 0.1) is 0 Å². The Bertz CT molecular complexity index is 612. The van der Waals surface area contributed by atoms with Crippen LogP contribution >= 0.6 is 0 Å². The number of esters is 1. The molecule has 0 aromatic heterocycles. The zero-order chi connectivity index (χ0) is 16.5. The first kappa shape index (κ1) is 17.0. The van der Waals surface area contributed by atoms with E-state index in [9.17, 15) is 4.79 Å². The van der Waals surface area contributed by atoms with Crippen LogP contribution in [-0.4, -0.2) is 44.7 Å². The van der Waals surface area contributed by atoms with Gasteiger partial charge in [-0.1, -0.05) is 48.5 Å². The molecule has 122 valence electrons. The fourth-order valence-corrected chi connectivity index (χ4v) is 2.29. The Morgan fingerprint density at radius 3 is 2.48 bits per heavy atom. The molecule has 1 N–H and O–H groups in total. The molecule has 2 rings (SSSR count). The number of nitrogens with zero attached hydrogens (tertiary/aromatic N) is 1. The summed E-state index contributed by atoms with van der Waals surface area (Å²) in [4.78, 5) is 13.9. The first-order valence-corrected chi connectivity index (χ1v) is 7.85. The van der Waals surface area contributed by atoms with Crippen molar-refractivity contribution in [3.8, 4) is 11.1 Å². The number of rotatable bonds is 8. The molecule has 23 heavy (non-hydrogen) atoms. The highest BCUT2D eigenvalue weighted by atomic mass is 16.5. The van der Waals surface area contributed by atoms with E-state index in [2.05, 4.69) is 22.3 Å². The van der Waals surface area contributed by atoms with Crippen LogP contribution in [-0.2, 0) is 9.53 Å². The second kappa shape index (κ2) is 8.96. The van der Waals surface area contributed by atoms with Gasteiger partial charge in [-0.3, -0.25) is 4.79 Å². The molecule has 2 aromatic carbocycles. The van der Waals surface area contributed by atoms with Gasteiger partial charge in [-0.15, -0.1) is 0 Å². The minimum absolute atomic E-state index is 0.172. The van der Waals surface area contributed by atoms with Gasteiger partial charge in [0.05, 0.1) is 6.61 Å². The van der Waals surface area contributed by atoms with Crippen molar-refractivity contribution in [2.45, 2.75) is 6.42 Å². The van der Waals surface area contributed by atoms with E-state index in [-0.39, 0.29) is 12.5 Å². The van der Waals surface area contributed by atoms with Gasteiger partial charge in [0.2, 0.25) is 0 Å². The number of para-hydroxylation sites is 1. The van der Waals surface area contributed by atoms with Crippen molar-refractivity contribution >= 4 is 11.7 Å². The predicted molar refractivity (Wildman–Crippen MR) is 94.5 cm³/mol. The lowest BCUT2D eigenvalue weighted by molar-refractivity contribution is -0.141. The summed E-state index contributed by atoms with van der Waals surface area (Å²) in [6, 6.07) is 18.1. The van der Waals surface area contributed by atoms with Gasteiger partial charge >= 0.3 is 5.97 Å². The van der Waals surface area contributed by atoms with E-state index in [0.29, 0.717) is 6.61 Å². The normalized spacial score (nSPS) is 10.6. The summed E-state index contributed by atoms with van der Waals surface area (Å²) in [6.45, 7) is 1.54. The molecule has 0 aliphatic rings. The minimum atomic E-state index is -0.230. The van der Waals surface area contributed by atoms with Gasteiger partial charge < -0.3 is 15.0 Å². The molecule has 0 aliphatic carbocycles. The highest BCUT2D eigenvalue weighted by Gasteiger charge is 2.07. The molecule has 0 saturated heterocycles. The number of benzene rings is 2. The van der Waals surface area contributed by atoms with Crippen LogP contribution in [0.15, 0.2) is 54.6 Å². The van der Waals surface area contributed by atoms with E-state index < -0.39 is 0 Å². The van der Waals surface area contributed by atoms with Crippen molar-refractivity contribution in [1.82, 2.24) is 4.90 Å². The molecule has 0 aliphatic heterocycles. The minimum Gasteiger partial charge on any atom is -0.464 e. The van der Waals surface area contributed by atoms with Crippen molar-refractivity contribution in [3.63, 3.8) is 0 Å². The van der Waals surface area contributed by atoms with Crippen LogP contribution in [0.5, 0.6) is 0 Å². The number of hydrogen-bond donors (Lipinski definition) is 1. The molecule has 0 fully saturated rings. The summed E-state index contributed by atoms with van der Waals surface area (Å²) in [7, 11) is 4.01. The molecule has 4 nitrogen and oxygen atoms in total. The Labute approximate surface area is 138 Å². The summed E-state index contributed by atoms with van der Waals surface area (Å²) in [6.07, 6.45) is 0.847. The first-order chi connectivity index (χ1) is 11.2. The lowest BCUT2D eigenvalue weighted by Crippen LogP contribution is -2.20. The average molecular weight is 312 g/mol. The number of anilines is 1. The van der Waals surface area contributed by atoms with E-state index >= 15 is 0 Å². The highest BCUT2D eigenvalue weighted by molar-refractivity contribution is 5.81. The Morgan fingerprint density at radius 2 is 1.74 bits per heavy atom. The third-order valence-corrected chi connectivity index (χ3v) is 3.45. The number of carbonyl (C=O) groups excluding carboxylic acids is 1. The summed E-state index contributed by atoms with van der Waals surface area (Å²) < 4.78 is 5.23. The van der Waals surface area contributed by atoms with Crippen molar-refractivity contribution in [2.24, 2.45) is 0 Å². The first-order valence-electron chi connectivity index (χ1n) is 7.85. The van der Waals surface area contributed by atoms with Crippen molar-refractivity contribution in [2.75, 3.05) is 39.1 Å². The maximum Gasteiger partial charge on any atom is 0.325 e. The largest absolute Gasteiger partial charge is 0.464 e. The Kier molecular flexibility index (Phi) is 6.63. The molecule has 0 amide bonds. The molecule has 4 heteroatoms. The van der Waals surface area contributed by atoms with Gasteiger partial charge in [-0.05, 0) is 32.1 Å². The van der Waals surface area contributed by atoms with Crippen molar-refractivity contribution in [3.05, 3.63) is 54.6 Å². The Hall–Kier alpha value is -2.33. The van der Waals surface area contributed by atoms with E-state index in [0.717, 1.165) is 29.8 Å². The molecule has 0 atom stereocenters. The highest BCUT2D eigenvalue weighted by Crippen LogP contribution is 2.27. The zero-order valence-electron chi connectivity index (χ0n) is 13.8. The third-order valence-electron chi connectivity index (χ3n) is 3.45. The molecule has 0 unspecified atom stereocenters. The lowest BCUT2D eigenvalue weighted by atomic mass is 10.0. The van der Waals surface area contributed by atoms with Crippen LogP contribution in [0.3, 0.4) is 0 Å². The van der Waals surface area contributed by atoms with E-state index in [4.69, 9.17) is 4.74 Å². The van der Waals surface area contributed by atoms with Gasteiger partial charge in [0.25, 0.3) is 0 Å². The summed E-state index contributed by atoms with van der Waals surface area (Å²) in [5.74, 6) is -0.230. The SMILES string of the molecule is CN(C)CCCOC(=O)CNc1ccccc1-c1ccccc1. The number of hydrogen-bond acceptors (Lipinski definition) is 4. The van der Waals surface area contributed by atoms with E-state index in [1.807, 2.05) is 56.6 Å².